The van der Waals surface area contributed by atoms with Crippen LogP contribution in [0.15, 0.2) is 48.8 Å². The molecule has 0 spiro atoms. The average Bonchev–Trinajstić information content (AvgIpc) is 3.16. The number of hydrogen-bond donors (Lipinski definition) is 3. The van der Waals surface area contributed by atoms with E-state index < -0.39 is 11.1 Å². The zero-order valence-corrected chi connectivity index (χ0v) is 15.0. The lowest BCUT2D eigenvalue weighted by molar-refractivity contribution is 0.199. The van der Waals surface area contributed by atoms with Gasteiger partial charge >= 0.3 is 0 Å². The predicted octanol–water partition coefficient (Wildman–Crippen LogP) is 2.59. The van der Waals surface area contributed by atoms with Crippen molar-refractivity contribution in [2.45, 2.75) is 30.0 Å². The lowest BCUT2D eigenvalue weighted by atomic mass is 10.0. The molecule has 0 saturated carbocycles. The Hall–Kier alpha value is -2.15. The quantitative estimate of drug-likeness (QED) is 0.553. The molecule has 0 amide bonds. The highest BCUT2D eigenvalue weighted by atomic mass is 35.5. The monoisotopic (exact) mass is 372 g/mol. The van der Waals surface area contributed by atoms with Crippen LogP contribution in [0, 0.1) is 0 Å². The summed E-state index contributed by atoms with van der Waals surface area (Å²) >= 11 is 6.58. The molecule has 3 atom stereocenters. The van der Waals surface area contributed by atoms with Crippen LogP contribution >= 0.6 is 11.6 Å². The summed E-state index contributed by atoms with van der Waals surface area (Å²) in [6.45, 7) is 1.62. The molecule has 2 heterocycles. The summed E-state index contributed by atoms with van der Waals surface area (Å²) in [7, 11) is 0. The molecule has 2 aromatic rings. The number of nitrogens with zero attached hydrogens (tertiary/aromatic N) is 2. The number of allylic oxidation sites excluding steroid dienone is 2. The van der Waals surface area contributed by atoms with Gasteiger partial charge in [0.2, 0.25) is 0 Å². The van der Waals surface area contributed by atoms with E-state index >= 15 is 0 Å². The highest BCUT2D eigenvalue weighted by Crippen LogP contribution is 2.34. The van der Waals surface area contributed by atoms with Crippen LogP contribution in [0.5, 0.6) is 5.75 Å². The third-order valence-corrected chi connectivity index (χ3v) is 5.15. The highest BCUT2D eigenvalue weighted by Gasteiger charge is 2.34. The maximum absolute atomic E-state index is 10.3. The largest absolute Gasteiger partial charge is 0.491 e. The molecule has 1 aliphatic carbocycles. The summed E-state index contributed by atoms with van der Waals surface area (Å²) in [6.07, 6.45) is 9.77. The Labute approximate surface area is 156 Å². The van der Waals surface area contributed by atoms with Crippen LogP contribution in [0.4, 0.5) is 5.82 Å². The van der Waals surface area contributed by atoms with Crippen LogP contribution in [0.3, 0.4) is 0 Å². The van der Waals surface area contributed by atoms with Crippen molar-refractivity contribution in [1.82, 2.24) is 15.3 Å². The second-order valence-corrected chi connectivity index (χ2v) is 7.18. The summed E-state index contributed by atoms with van der Waals surface area (Å²) in [5, 5.41) is 17.6. The molecule has 6 nitrogen and oxygen atoms in total. The minimum atomic E-state index is -1.17. The predicted molar refractivity (Wildman–Crippen MR) is 103 cm³/mol. The summed E-state index contributed by atoms with van der Waals surface area (Å²) in [5.74, 6) is 1.23. The molecule has 1 aliphatic heterocycles. The molecule has 1 aromatic heterocycles. The first kappa shape index (κ1) is 17.3. The van der Waals surface area contributed by atoms with Gasteiger partial charge in [0.05, 0.1) is 10.9 Å². The van der Waals surface area contributed by atoms with E-state index in [4.69, 9.17) is 16.3 Å². The van der Waals surface area contributed by atoms with Gasteiger partial charge in [0.25, 0.3) is 0 Å². The van der Waals surface area contributed by atoms with Crippen LogP contribution < -0.4 is 15.4 Å². The van der Waals surface area contributed by atoms with Crippen LogP contribution in [0.1, 0.15) is 12.8 Å². The zero-order chi connectivity index (χ0) is 18.0. The van der Waals surface area contributed by atoms with E-state index in [0.29, 0.717) is 24.2 Å². The molecule has 1 fully saturated rings. The van der Waals surface area contributed by atoms with Gasteiger partial charge in [0.1, 0.15) is 30.6 Å². The number of alkyl halides is 1. The topological polar surface area (TPSA) is 79.3 Å². The van der Waals surface area contributed by atoms with Gasteiger partial charge in [-0.2, -0.15) is 0 Å². The van der Waals surface area contributed by atoms with Crippen LogP contribution in [-0.2, 0) is 0 Å². The molecule has 4 rings (SSSR count). The van der Waals surface area contributed by atoms with E-state index in [2.05, 4.69) is 20.6 Å². The van der Waals surface area contributed by atoms with Gasteiger partial charge in [-0.15, -0.1) is 0 Å². The highest BCUT2D eigenvalue weighted by molar-refractivity contribution is 6.27. The molecule has 0 bridgehead atoms. The molecule has 2 unspecified atom stereocenters. The maximum Gasteiger partial charge on any atom is 0.162 e. The third kappa shape index (κ3) is 3.40. The first-order valence-electron chi connectivity index (χ1n) is 8.77. The number of halogens is 1. The van der Waals surface area contributed by atoms with Crippen molar-refractivity contribution in [3.8, 4) is 5.75 Å². The van der Waals surface area contributed by atoms with Gasteiger partial charge in [-0.3, -0.25) is 0 Å². The van der Waals surface area contributed by atoms with Crippen LogP contribution in [-0.4, -0.2) is 45.4 Å². The Morgan fingerprint density at radius 2 is 2.27 bits per heavy atom. The summed E-state index contributed by atoms with van der Waals surface area (Å²) in [5.41, 5.74) is 0.754. The molecule has 2 aliphatic rings. The van der Waals surface area contributed by atoms with Crippen LogP contribution in [0.2, 0.25) is 0 Å². The van der Waals surface area contributed by atoms with E-state index in [1.807, 2.05) is 18.2 Å². The molecule has 1 aromatic carbocycles. The Morgan fingerprint density at radius 3 is 3.08 bits per heavy atom. The lowest BCUT2D eigenvalue weighted by Gasteiger charge is -2.31. The van der Waals surface area contributed by atoms with Gasteiger partial charge in [-0.05, 0) is 37.6 Å². The van der Waals surface area contributed by atoms with Crippen molar-refractivity contribution < 1.29 is 9.84 Å². The molecule has 3 N–H and O–H groups in total. The maximum atomic E-state index is 10.3. The van der Waals surface area contributed by atoms with E-state index in [1.165, 1.54) is 12.7 Å². The Bertz CT molecular complexity index is 845. The van der Waals surface area contributed by atoms with Gasteiger partial charge < -0.3 is 20.5 Å². The smallest absolute Gasteiger partial charge is 0.162 e. The summed E-state index contributed by atoms with van der Waals surface area (Å²) in [4.78, 5) is 7.51. The minimum Gasteiger partial charge on any atom is -0.491 e. The van der Waals surface area contributed by atoms with E-state index in [9.17, 15) is 5.11 Å². The fraction of sp³-hybridized carbons (Fsp3) is 0.368. The summed E-state index contributed by atoms with van der Waals surface area (Å²) < 4.78 is 6.07. The van der Waals surface area contributed by atoms with Gasteiger partial charge in [0.15, 0.2) is 5.00 Å². The fourth-order valence-electron chi connectivity index (χ4n) is 3.28. The Balaban J connectivity index is 1.66. The average molecular weight is 373 g/mol. The molecule has 1 saturated heterocycles. The number of fused-ring (bicyclic) bond motifs is 1. The number of ether oxygens (including phenoxy) is 1. The standard InChI is InChI=1S/C19H21ClN4O2/c20-19(9-2-1-8-16(19)25)24-18-17-14(22-12-23-18)6-3-7-15(17)26-11-13-5-4-10-21-13/h1-3,6-9,12-13,16,21,25H,4-5,10-11H2,(H,22,23,24)/t13-,16?,19?/m0/s1. The van der Waals surface area contributed by atoms with Crippen molar-refractivity contribution in [1.29, 1.82) is 0 Å². The van der Waals surface area contributed by atoms with Crippen LogP contribution in [0.25, 0.3) is 10.9 Å². The number of aliphatic hydroxyl groups is 1. The van der Waals surface area contributed by atoms with E-state index in [-0.39, 0.29) is 0 Å². The number of rotatable bonds is 5. The SMILES string of the molecule is OC1C=CC=CC1(Cl)Nc1ncnc2cccc(OC[C@@H]3CCCN3)c12. The zero-order valence-electron chi connectivity index (χ0n) is 14.2. The Morgan fingerprint density at radius 1 is 1.35 bits per heavy atom. The van der Waals surface area contributed by atoms with E-state index in [1.54, 1.807) is 24.3 Å². The van der Waals surface area contributed by atoms with Gasteiger partial charge in [-0.25, -0.2) is 9.97 Å². The number of benzene rings is 1. The molecule has 0 radical (unpaired) electrons. The Kier molecular flexibility index (Phi) is 4.80. The molecule has 26 heavy (non-hydrogen) atoms. The van der Waals surface area contributed by atoms with Crippen molar-refractivity contribution in [3.05, 3.63) is 48.8 Å². The van der Waals surface area contributed by atoms with E-state index in [0.717, 1.165) is 23.9 Å². The van der Waals surface area contributed by atoms with Crippen molar-refractivity contribution in [2.75, 3.05) is 18.5 Å². The third-order valence-electron chi connectivity index (χ3n) is 4.71. The van der Waals surface area contributed by atoms with Crippen molar-refractivity contribution in [3.63, 3.8) is 0 Å². The number of anilines is 1. The number of aliphatic hydroxyl groups excluding tert-OH is 1. The first-order valence-corrected chi connectivity index (χ1v) is 9.14. The normalized spacial score (nSPS) is 27.8. The molecular weight excluding hydrogens is 352 g/mol. The first-order chi connectivity index (χ1) is 12.7. The fourth-order valence-corrected chi connectivity index (χ4v) is 3.52. The summed E-state index contributed by atoms with van der Waals surface area (Å²) in [6, 6.07) is 6.07. The molecular formula is C19H21ClN4O2. The molecule has 7 heteroatoms. The second kappa shape index (κ2) is 7.23. The van der Waals surface area contributed by atoms with Crippen molar-refractivity contribution >= 4 is 28.3 Å². The van der Waals surface area contributed by atoms with Gasteiger partial charge in [-0.1, -0.05) is 35.9 Å². The number of hydrogen-bond acceptors (Lipinski definition) is 6. The van der Waals surface area contributed by atoms with Gasteiger partial charge in [0, 0.05) is 6.04 Å². The molecule has 136 valence electrons. The second-order valence-electron chi connectivity index (χ2n) is 6.56. The lowest BCUT2D eigenvalue weighted by Crippen LogP contribution is -2.42. The minimum absolute atomic E-state index is 0.360. The number of nitrogens with one attached hydrogen (secondary N) is 2. The van der Waals surface area contributed by atoms with Crippen molar-refractivity contribution in [2.24, 2.45) is 0 Å². The number of aromatic nitrogens is 2.